The average molecular weight is 470 g/mol. The molecule has 2 aromatic heterocycles. The lowest BCUT2D eigenvalue weighted by Crippen LogP contribution is -2.30. The van der Waals surface area contributed by atoms with Gasteiger partial charge in [-0.1, -0.05) is 29.0 Å². The molecular formula is C23H20ClN3O2S2. The Balaban J connectivity index is 1.51. The topological polar surface area (TPSA) is 55.3 Å². The van der Waals surface area contributed by atoms with Crippen molar-refractivity contribution in [3.8, 4) is 5.75 Å². The number of amides is 1. The minimum Gasteiger partial charge on any atom is -0.497 e. The number of carbonyl (C=O) groups excluding carboxylic acids is 1. The molecule has 2 heterocycles. The number of carbonyl (C=O) groups is 1. The first-order valence-electron chi connectivity index (χ1n) is 9.65. The Morgan fingerprint density at radius 1 is 1.13 bits per heavy atom. The van der Waals surface area contributed by atoms with Gasteiger partial charge in [-0.15, -0.1) is 11.8 Å². The van der Waals surface area contributed by atoms with Crippen molar-refractivity contribution < 1.29 is 9.53 Å². The van der Waals surface area contributed by atoms with E-state index in [1.807, 2.05) is 54.6 Å². The second-order valence-electron chi connectivity index (χ2n) is 6.69. The highest BCUT2D eigenvalue weighted by molar-refractivity contribution is 7.99. The zero-order valence-corrected chi connectivity index (χ0v) is 19.2. The summed E-state index contributed by atoms with van der Waals surface area (Å²) in [4.78, 5) is 24.8. The number of anilines is 1. The first kappa shape index (κ1) is 21.6. The number of rotatable bonds is 8. The van der Waals surface area contributed by atoms with Gasteiger partial charge in [-0.25, -0.2) is 4.98 Å². The van der Waals surface area contributed by atoms with Gasteiger partial charge in [0, 0.05) is 29.5 Å². The standard InChI is InChI=1S/C23H20ClN3O2S2/c1-29-17-5-7-18(8-6-17)30-14-11-21(28)27(15-16-9-12-25-13-10-16)23-26-22-19(24)3-2-4-20(22)31-23/h2-10,12-13H,11,14-15H2,1H3. The number of halogens is 1. The Morgan fingerprint density at radius 3 is 2.61 bits per heavy atom. The highest BCUT2D eigenvalue weighted by atomic mass is 35.5. The number of nitrogens with zero attached hydrogens (tertiary/aromatic N) is 3. The number of para-hydroxylation sites is 1. The second kappa shape index (κ2) is 10.1. The third-order valence-electron chi connectivity index (χ3n) is 4.62. The zero-order valence-electron chi connectivity index (χ0n) is 16.8. The first-order chi connectivity index (χ1) is 15.1. The third kappa shape index (κ3) is 5.36. The Bertz CT molecular complexity index is 1170. The fourth-order valence-corrected chi connectivity index (χ4v) is 5.14. The number of hydrogen-bond donors (Lipinski definition) is 0. The molecule has 0 bridgehead atoms. The molecule has 0 unspecified atom stereocenters. The molecule has 0 aliphatic rings. The van der Waals surface area contributed by atoms with Crippen molar-refractivity contribution in [1.29, 1.82) is 0 Å². The SMILES string of the molecule is COc1ccc(SCCC(=O)N(Cc2ccncc2)c2nc3c(Cl)cccc3s2)cc1. The van der Waals surface area contributed by atoms with E-state index in [-0.39, 0.29) is 5.91 Å². The van der Waals surface area contributed by atoms with E-state index >= 15 is 0 Å². The molecule has 0 N–H and O–H groups in total. The van der Waals surface area contributed by atoms with E-state index in [0.29, 0.717) is 28.9 Å². The minimum absolute atomic E-state index is 0.0213. The molecule has 0 atom stereocenters. The van der Waals surface area contributed by atoms with Gasteiger partial charge in [0.1, 0.15) is 11.3 Å². The van der Waals surface area contributed by atoms with Crippen LogP contribution >= 0.6 is 34.7 Å². The highest BCUT2D eigenvalue weighted by Gasteiger charge is 2.21. The molecule has 0 aliphatic heterocycles. The molecule has 2 aromatic carbocycles. The van der Waals surface area contributed by atoms with Crippen LogP contribution in [0.25, 0.3) is 10.2 Å². The summed E-state index contributed by atoms with van der Waals surface area (Å²) < 4.78 is 6.15. The molecule has 0 aliphatic carbocycles. The van der Waals surface area contributed by atoms with E-state index in [9.17, 15) is 4.79 Å². The Morgan fingerprint density at radius 2 is 1.90 bits per heavy atom. The van der Waals surface area contributed by atoms with Crippen LogP contribution in [0.2, 0.25) is 5.02 Å². The number of ether oxygens (including phenoxy) is 1. The van der Waals surface area contributed by atoms with E-state index in [4.69, 9.17) is 16.3 Å². The van der Waals surface area contributed by atoms with Crippen LogP contribution in [0.1, 0.15) is 12.0 Å². The maximum atomic E-state index is 13.2. The fourth-order valence-electron chi connectivity index (χ4n) is 3.02. The first-order valence-corrected chi connectivity index (χ1v) is 11.8. The molecule has 8 heteroatoms. The molecular weight excluding hydrogens is 450 g/mol. The van der Waals surface area contributed by atoms with Crippen molar-refractivity contribution >= 4 is 56.0 Å². The van der Waals surface area contributed by atoms with Gasteiger partial charge < -0.3 is 4.74 Å². The summed E-state index contributed by atoms with van der Waals surface area (Å²) in [6.45, 7) is 0.437. The van der Waals surface area contributed by atoms with Crippen LogP contribution < -0.4 is 9.64 Å². The number of aromatic nitrogens is 2. The minimum atomic E-state index is 0.0213. The maximum absolute atomic E-state index is 13.2. The highest BCUT2D eigenvalue weighted by Crippen LogP contribution is 2.34. The molecule has 31 heavy (non-hydrogen) atoms. The number of fused-ring (bicyclic) bond motifs is 1. The molecule has 1 amide bonds. The smallest absolute Gasteiger partial charge is 0.229 e. The monoisotopic (exact) mass is 469 g/mol. The molecule has 4 aromatic rings. The van der Waals surface area contributed by atoms with Gasteiger partial charge in [-0.3, -0.25) is 14.7 Å². The summed E-state index contributed by atoms with van der Waals surface area (Å²) in [5.41, 5.74) is 1.72. The van der Waals surface area contributed by atoms with Crippen LogP contribution in [0.5, 0.6) is 5.75 Å². The molecule has 0 saturated heterocycles. The van der Waals surface area contributed by atoms with Crippen LogP contribution in [0.3, 0.4) is 0 Å². The van der Waals surface area contributed by atoms with Crippen LogP contribution in [0.4, 0.5) is 5.13 Å². The zero-order chi connectivity index (χ0) is 21.6. The summed E-state index contributed by atoms with van der Waals surface area (Å²) in [5.74, 6) is 1.51. The van der Waals surface area contributed by atoms with Crippen molar-refractivity contribution in [1.82, 2.24) is 9.97 Å². The largest absolute Gasteiger partial charge is 0.497 e. The van der Waals surface area contributed by atoms with Crippen molar-refractivity contribution in [2.45, 2.75) is 17.9 Å². The van der Waals surface area contributed by atoms with Crippen molar-refractivity contribution in [2.75, 3.05) is 17.8 Å². The molecule has 0 spiro atoms. The Hall–Kier alpha value is -2.61. The summed E-state index contributed by atoms with van der Waals surface area (Å²) in [6.07, 6.45) is 3.85. The molecule has 158 valence electrons. The number of benzene rings is 2. The average Bonchev–Trinajstić information content (AvgIpc) is 3.24. The van der Waals surface area contributed by atoms with E-state index in [0.717, 1.165) is 26.4 Å². The van der Waals surface area contributed by atoms with Gasteiger partial charge in [-0.2, -0.15) is 0 Å². The number of thioether (sulfide) groups is 1. The van der Waals surface area contributed by atoms with Crippen LogP contribution in [0.15, 0.2) is 71.9 Å². The summed E-state index contributed by atoms with van der Waals surface area (Å²) in [6, 6.07) is 17.3. The van der Waals surface area contributed by atoms with Gasteiger partial charge in [-0.05, 0) is 54.1 Å². The third-order valence-corrected chi connectivity index (χ3v) is 6.99. The fraction of sp³-hybridized carbons (Fsp3) is 0.174. The predicted octanol–water partition coefficient (Wildman–Crippen LogP) is 6.07. The van der Waals surface area contributed by atoms with Crippen LogP contribution in [-0.2, 0) is 11.3 Å². The van der Waals surface area contributed by atoms with Gasteiger partial charge in [0.2, 0.25) is 5.91 Å². The van der Waals surface area contributed by atoms with E-state index in [1.54, 1.807) is 36.2 Å². The summed E-state index contributed by atoms with van der Waals surface area (Å²) >= 11 is 9.43. The lowest BCUT2D eigenvalue weighted by molar-refractivity contribution is -0.118. The Labute approximate surface area is 194 Å². The normalized spacial score (nSPS) is 10.9. The van der Waals surface area contributed by atoms with E-state index < -0.39 is 0 Å². The number of thiazole rings is 1. The lowest BCUT2D eigenvalue weighted by Gasteiger charge is -2.20. The summed E-state index contributed by atoms with van der Waals surface area (Å²) in [5, 5.41) is 1.24. The van der Waals surface area contributed by atoms with Crippen molar-refractivity contribution in [2.24, 2.45) is 0 Å². The molecule has 0 fully saturated rings. The second-order valence-corrected chi connectivity index (χ2v) is 9.28. The Kier molecular flexibility index (Phi) is 7.06. The van der Waals surface area contributed by atoms with Crippen molar-refractivity contribution in [3.63, 3.8) is 0 Å². The predicted molar refractivity (Wildman–Crippen MR) is 128 cm³/mol. The summed E-state index contributed by atoms with van der Waals surface area (Å²) in [7, 11) is 1.65. The molecule has 0 saturated carbocycles. The van der Waals surface area contributed by atoms with Crippen LogP contribution in [0, 0.1) is 0 Å². The van der Waals surface area contributed by atoms with Gasteiger partial charge in [0.05, 0.1) is 23.4 Å². The van der Waals surface area contributed by atoms with Crippen molar-refractivity contribution in [3.05, 3.63) is 77.6 Å². The van der Waals surface area contributed by atoms with Crippen LogP contribution in [-0.4, -0.2) is 28.7 Å². The molecule has 5 nitrogen and oxygen atoms in total. The van der Waals surface area contributed by atoms with Gasteiger partial charge in [0.15, 0.2) is 5.13 Å². The number of pyridine rings is 1. The maximum Gasteiger partial charge on any atom is 0.229 e. The van der Waals surface area contributed by atoms with Gasteiger partial charge >= 0.3 is 0 Å². The number of hydrogen-bond acceptors (Lipinski definition) is 6. The van der Waals surface area contributed by atoms with E-state index in [1.165, 1.54) is 11.3 Å². The molecule has 4 rings (SSSR count). The number of methoxy groups -OCH3 is 1. The quantitative estimate of drug-likeness (QED) is 0.293. The molecule has 0 radical (unpaired) electrons. The van der Waals surface area contributed by atoms with Gasteiger partial charge in [0.25, 0.3) is 0 Å². The lowest BCUT2D eigenvalue weighted by atomic mass is 10.2. The van der Waals surface area contributed by atoms with E-state index in [2.05, 4.69) is 9.97 Å².